The molecule has 3 nitrogen and oxygen atoms in total. The largest absolute Gasteiger partial charge is 0.356 e. The first kappa shape index (κ1) is 11.0. The maximum Gasteiger partial charge on any atom is 0.171 e. The van der Waals surface area contributed by atoms with E-state index in [0.717, 1.165) is 37.0 Å². The zero-order chi connectivity index (χ0) is 11.8. The van der Waals surface area contributed by atoms with Crippen molar-refractivity contribution in [2.75, 3.05) is 13.1 Å². The van der Waals surface area contributed by atoms with Gasteiger partial charge in [0.2, 0.25) is 0 Å². The second-order valence-electron chi connectivity index (χ2n) is 4.35. The number of fused-ring (bicyclic) bond motifs is 1. The van der Waals surface area contributed by atoms with E-state index in [1.807, 2.05) is 0 Å². The lowest BCUT2D eigenvalue weighted by molar-refractivity contribution is 0.403. The topological polar surface area (TPSA) is 38.1 Å². The van der Waals surface area contributed by atoms with Crippen molar-refractivity contribution in [1.82, 2.24) is 10.5 Å². The van der Waals surface area contributed by atoms with Crippen LogP contribution in [0.15, 0.2) is 16.7 Å². The third-order valence-electron chi connectivity index (χ3n) is 3.24. The van der Waals surface area contributed by atoms with Crippen LogP contribution in [-0.2, 0) is 0 Å². The highest BCUT2D eigenvalue weighted by atomic mass is 35.5. The summed E-state index contributed by atoms with van der Waals surface area (Å²) in [6.45, 7) is 1.94. The molecular weight excluding hydrogens is 243 g/mol. The van der Waals surface area contributed by atoms with Crippen LogP contribution in [0.5, 0.6) is 0 Å². The Morgan fingerprint density at radius 3 is 2.88 bits per heavy atom. The number of benzene rings is 1. The summed E-state index contributed by atoms with van der Waals surface area (Å²) in [5.74, 6) is -0.0454. The van der Waals surface area contributed by atoms with Crippen LogP contribution in [0, 0.1) is 5.82 Å². The van der Waals surface area contributed by atoms with Crippen LogP contribution >= 0.6 is 11.6 Å². The van der Waals surface area contributed by atoms with Crippen LogP contribution in [0.3, 0.4) is 0 Å². The summed E-state index contributed by atoms with van der Waals surface area (Å²) in [5.41, 5.74) is 1.30. The number of halogens is 2. The SMILES string of the molecule is Fc1cc(Cl)c2c(C3CCNCC3)noc2c1. The Bertz CT molecular complexity index is 549. The molecule has 17 heavy (non-hydrogen) atoms. The summed E-state index contributed by atoms with van der Waals surface area (Å²) >= 11 is 6.07. The Labute approximate surface area is 103 Å². The summed E-state index contributed by atoms with van der Waals surface area (Å²) in [4.78, 5) is 0. The first-order chi connectivity index (χ1) is 8.25. The van der Waals surface area contributed by atoms with Gasteiger partial charge in [0, 0.05) is 12.0 Å². The van der Waals surface area contributed by atoms with Crippen LogP contribution in [0.4, 0.5) is 4.39 Å². The highest BCUT2D eigenvalue weighted by molar-refractivity contribution is 6.35. The van der Waals surface area contributed by atoms with Gasteiger partial charge in [-0.05, 0) is 32.0 Å². The van der Waals surface area contributed by atoms with Crippen LogP contribution in [0.25, 0.3) is 11.0 Å². The van der Waals surface area contributed by atoms with E-state index in [-0.39, 0.29) is 0 Å². The molecule has 90 valence electrons. The molecule has 0 amide bonds. The second-order valence-corrected chi connectivity index (χ2v) is 4.76. The lowest BCUT2D eigenvalue weighted by atomic mass is 9.92. The third-order valence-corrected chi connectivity index (χ3v) is 3.54. The molecule has 2 heterocycles. The van der Waals surface area contributed by atoms with Crippen LogP contribution in [0.2, 0.25) is 5.02 Å². The Kier molecular flexibility index (Phi) is 2.76. The summed E-state index contributed by atoms with van der Waals surface area (Å²) in [7, 11) is 0. The van der Waals surface area contributed by atoms with Crippen LogP contribution in [0.1, 0.15) is 24.5 Å². The van der Waals surface area contributed by atoms with Gasteiger partial charge in [0.25, 0.3) is 0 Å². The number of nitrogens with zero attached hydrogens (tertiary/aromatic N) is 1. The zero-order valence-corrected chi connectivity index (χ0v) is 9.93. The fraction of sp³-hybridized carbons (Fsp3) is 0.417. The van der Waals surface area contributed by atoms with Gasteiger partial charge in [0.15, 0.2) is 5.58 Å². The van der Waals surface area contributed by atoms with E-state index in [4.69, 9.17) is 16.1 Å². The lowest BCUT2D eigenvalue weighted by Crippen LogP contribution is -2.26. The molecule has 0 unspecified atom stereocenters. The molecule has 0 saturated carbocycles. The first-order valence-electron chi connectivity index (χ1n) is 5.71. The molecule has 0 bridgehead atoms. The summed E-state index contributed by atoms with van der Waals surface area (Å²) < 4.78 is 18.3. The van der Waals surface area contributed by atoms with Gasteiger partial charge in [-0.1, -0.05) is 16.8 Å². The predicted molar refractivity (Wildman–Crippen MR) is 63.8 cm³/mol. The molecule has 0 atom stereocenters. The molecule has 1 aromatic carbocycles. The summed E-state index contributed by atoms with van der Waals surface area (Å²) in [5, 5.41) is 8.51. The van der Waals surface area contributed by atoms with Gasteiger partial charge in [-0.2, -0.15) is 0 Å². The van der Waals surface area contributed by atoms with Crippen molar-refractivity contribution in [3.8, 4) is 0 Å². The monoisotopic (exact) mass is 254 g/mol. The van der Waals surface area contributed by atoms with Crippen molar-refractivity contribution >= 4 is 22.6 Å². The number of hydrogen-bond donors (Lipinski definition) is 1. The molecule has 1 N–H and O–H groups in total. The molecule has 0 radical (unpaired) electrons. The zero-order valence-electron chi connectivity index (χ0n) is 9.17. The number of aromatic nitrogens is 1. The normalized spacial score (nSPS) is 17.8. The quantitative estimate of drug-likeness (QED) is 0.850. The maximum absolute atomic E-state index is 13.2. The minimum atomic E-state index is -0.393. The van der Waals surface area contributed by atoms with Gasteiger partial charge in [-0.15, -0.1) is 0 Å². The van der Waals surface area contributed by atoms with Crippen LogP contribution in [-0.4, -0.2) is 18.2 Å². The second kappa shape index (κ2) is 4.27. The van der Waals surface area contributed by atoms with E-state index in [1.54, 1.807) is 0 Å². The van der Waals surface area contributed by atoms with Crippen molar-refractivity contribution in [2.24, 2.45) is 0 Å². The Morgan fingerprint density at radius 1 is 1.35 bits per heavy atom. The van der Waals surface area contributed by atoms with Crippen LogP contribution < -0.4 is 5.32 Å². The summed E-state index contributed by atoms with van der Waals surface area (Å²) in [6, 6.07) is 2.64. The molecule has 1 aliphatic heterocycles. The Morgan fingerprint density at radius 2 is 2.12 bits per heavy atom. The van der Waals surface area contributed by atoms with Crippen molar-refractivity contribution in [2.45, 2.75) is 18.8 Å². The maximum atomic E-state index is 13.2. The van der Waals surface area contributed by atoms with Gasteiger partial charge in [-0.3, -0.25) is 0 Å². The highest BCUT2D eigenvalue weighted by Gasteiger charge is 2.23. The van der Waals surface area contributed by atoms with Gasteiger partial charge in [0.1, 0.15) is 5.82 Å². The van der Waals surface area contributed by atoms with Gasteiger partial charge in [0.05, 0.1) is 16.1 Å². The standard InChI is InChI=1S/C12H12ClFN2O/c13-9-5-8(14)6-10-11(9)12(16-17-10)7-1-3-15-4-2-7/h5-7,15H,1-4H2. The predicted octanol–water partition coefficient (Wildman–Crippen LogP) is 3.09. The molecule has 2 aromatic rings. The molecule has 1 aliphatic rings. The molecule has 1 saturated heterocycles. The van der Waals surface area contributed by atoms with E-state index in [0.29, 0.717) is 16.5 Å². The van der Waals surface area contributed by atoms with Crippen molar-refractivity contribution in [3.63, 3.8) is 0 Å². The summed E-state index contributed by atoms with van der Waals surface area (Å²) in [6.07, 6.45) is 2.02. The number of rotatable bonds is 1. The van der Waals surface area contributed by atoms with Gasteiger partial charge < -0.3 is 9.84 Å². The average Bonchev–Trinajstić information content (AvgIpc) is 2.74. The Balaban J connectivity index is 2.10. The van der Waals surface area contributed by atoms with E-state index >= 15 is 0 Å². The number of piperidine rings is 1. The fourth-order valence-corrected chi connectivity index (χ4v) is 2.68. The molecule has 1 aromatic heterocycles. The molecular formula is C12H12ClFN2O. The van der Waals surface area contributed by atoms with E-state index in [1.165, 1.54) is 12.1 Å². The molecule has 1 fully saturated rings. The van der Waals surface area contributed by atoms with Crippen molar-refractivity contribution in [1.29, 1.82) is 0 Å². The smallest absolute Gasteiger partial charge is 0.171 e. The highest BCUT2D eigenvalue weighted by Crippen LogP contribution is 2.35. The molecule has 0 spiro atoms. The lowest BCUT2D eigenvalue weighted by Gasteiger charge is -2.20. The average molecular weight is 255 g/mol. The minimum Gasteiger partial charge on any atom is -0.356 e. The van der Waals surface area contributed by atoms with Crippen molar-refractivity contribution < 1.29 is 8.91 Å². The van der Waals surface area contributed by atoms with Gasteiger partial charge in [-0.25, -0.2) is 4.39 Å². The Hall–Kier alpha value is -1.13. The number of nitrogens with one attached hydrogen (secondary N) is 1. The van der Waals surface area contributed by atoms with E-state index in [2.05, 4.69) is 10.5 Å². The molecule has 5 heteroatoms. The number of hydrogen-bond acceptors (Lipinski definition) is 3. The third kappa shape index (κ3) is 1.91. The van der Waals surface area contributed by atoms with E-state index in [9.17, 15) is 4.39 Å². The van der Waals surface area contributed by atoms with Gasteiger partial charge >= 0.3 is 0 Å². The van der Waals surface area contributed by atoms with E-state index < -0.39 is 5.82 Å². The molecule has 0 aliphatic carbocycles. The fourth-order valence-electron chi connectivity index (χ4n) is 2.39. The first-order valence-corrected chi connectivity index (χ1v) is 6.08. The molecule has 3 rings (SSSR count). The minimum absolute atomic E-state index is 0.348. The van der Waals surface area contributed by atoms with Crippen molar-refractivity contribution in [3.05, 3.63) is 28.7 Å².